The summed E-state index contributed by atoms with van der Waals surface area (Å²) in [6.45, 7) is 0.578. The van der Waals surface area contributed by atoms with Crippen LogP contribution in [-0.4, -0.2) is 29.0 Å². The van der Waals surface area contributed by atoms with Crippen LogP contribution in [0.25, 0.3) is 0 Å². The molecule has 2 aromatic rings. The van der Waals surface area contributed by atoms with Crippen molar-refractivity contribution in [2.24, 2.45) is 0 Å². The molecule has 2 heterocycles. The topological polar surface area (TPSA) is 101 Å². The fraction of sp³-hybridized carbons (Fsp3) is 0.286. The number of hydrogen-bond donors (Lipinski definition) is 2. The molecule has 0 radical (unpaired) electrons. The highest BCUT2D eigenvalue weighted by molar-refractivity contribution is 7.89. The highest BCUT2D eigenvalue weighted by Gasteiger charge is 2.30. The summed E-state index contributed by atoms with van der Waals surface area (Å²) in [5, 5.41) is 9.35. The number of aromatic nitrogens is 2. The molecule has 0 fully saturated rings. The van der Waals surface area contributed by atoms with Crippen LogP contribution < -0.4 is 4.72 Å². The maximum Gasteiger partial charge on any atom is 0.326 e. The molecule has 0 unspecified atom stereocenters. The number of carboxylic acid groups (broad SMARTS) is 1. The van der Waals surface area contributed by atoms with Crippen LogP contribution in [0.2, 0.25) is 0 Å². The molecular weight excluding hydrogens is 306 g/mol. The number of nitrogens with one attached hydrogen (secondary N) is 1. The van der Waals surface area contributed by atoms with E-state index in [1.54, 1.807) is 34.9 Å². The minimum atomic E-state index is -3.96. The summed E-state index contributed by atoms with van der Waals surface area (Å²) in [5.74, 6) is -0.539. The van der Waals surface area contributed by atoms with Gasteiger partial charge in [0, 0.05) is 13.0 Å². The molecule has 1 aromatic carbocycles. The molecule has 22 heavy (non-hydrogen) atoms. The highest BCUT2D eigenvalue weighted by atomic mass is 32.2. The van der Waals surface area contributed by atoms with Crippen molar-refractivity contribution >= 4 is 16.0 Å². The molecule has 8 heteroatoms. The summed E-state index contributed by atoms with van der Waals surface area (Å²) in [5.41, 5.74) is 0.375. The van der Waals surface area contributed by atoms with E-state index >= 15 is 0 Å². The number of carboxylic acids is 1. The molecule has 0 aliphatic carbocycles. The number of nitrogens with zero attached hydrogens (tertiary/aromatic N) is 2. The number of hydrogen-bond acceptors (Lipinski definition) is 4. The fourth-order valence-electron chi connectivity index (χ4n) is 2.57. The molecule has 1 aliphatic heterocycles. The fourth-order valence-corrected chi connectivity index (χ4v) is 3.91. The number of sulfonamides is 1. The van der Waals surface area contributed by atoms with Gasteiger partial charge in [-0.1, -0.05) is 30.3 Å². The second-order valence-corrected chi connectivity index (χ2v) is 6.73. The van der Waals surface area contributed by atoms with E-state index in [2.05, 4.69) is 9.71 Å². The molecule has 116 valence electrons. The van der Waals surface area contributed by atoms with Gasteiger partial charge in [-0.05, 0) is 12.0 Å². The van der Waals surface area contributed by atoms with Crippen molar-refractivity contribution in [2.75, 3.05) is 0 Å². The van der Waals surface area contributed by atoms with Gasteiger partial charge >= 0.3 is 5.97 Å². The largest absolute Gasteiger partial charge is 0.480 e. The number of benzene rings is 1. The third-order valence-electron chi connectivity index (χ3n) is 3.61. The van der Waals surface area contributed by atoms with Gasteiger partial charge in [0.25, 0.3) is 10.0 Å². The van der Waals surface area contributed by atoms with Gasteiger partial charge in [-0.3, -0.25) is 4.79 Å². The lowest BCUT2D eigenvalue weighted by Crippen LogP contribution is -2.34. The molecule has 1 atom stereocenters. The summed E-state index contributed by atoms with van der Waals surface area (Å²) < 4.78 is 28.9. The van der Waals surface area contributed by atoms with E-state index in [-0.39, 0.29) is 5.03 Å². The number of rotatable bonds is 5. The predicted molar refractivity (Wildman–Crippen MR) is 77.7 cm³/mol. The Morgan fingerprint density at radius 2 is 2.05 bits per heavy atom. The van der Waals surface area contributed by atoms with Gasteiger partial charge in [-0.2, -0.15) is 4.72 Å². The van der Waals surface area contributed by atoms with Crippen LogP contribution in [0.15, 0.2) is 41.6 Å². The minimum Gasteiger partial charge on any atom is -0.480 e. The number of aliphatic carboxylic acids is 1. The Morgan fingerprint density at radius 3 is 2.73 bits per heavy atom. The zero-order valence-electron chi connectivity index (χ0n) is 11.6. The van der Waals surface area contributed by atoms with E-state index in [4.69, 9.17) is 0 Å². The van der Waals surface area contributed by atoms with E-state index in [9.17, 15) is 18.3 Å². The first-order chi connectivity index (χ1) is 10.5. The summed E-state index contributed by atoms with van der Waals surface area (Å²) in [6, 6.07) is 6.87. The minimum absolute atomic E-state index is 0.0159. The Balaban J connectivity index is 1.94. The Hall–Kier alpha value is -2.19. The third-order valence-corrected chi connectivity index (χ3v) is 5.03. The standard InChI is InChI=1S/C14H15N3O4S/c18-14(19)13(10-5-2-1-3-6-10)16-22(20,21)12-9-15-11-7-4-8-17(11)12/h1-3,5-6,9,13,16H,4,7-8H2,(H,18,19)/t13-/m0/s1. The highest BCUT2D eigenvalue weighted by Crippen LogP contribution is 2.22. The van der Waals surface area contributed by atoms with Crippen LogP contribution in [0, 0.1) is 0 Å². The summed E-state index contributed by atoms with van der Waals surface area (Å²) in [7, 11) is -3.96. The lowest BCUT2D eigenvalue weighted by atomic mass is 10.1. The molecule has 0 saturated heterocycles. The summed E-state index contributed by atoms with van der Waals surface area (Å²) in [4.78, 5) is 15.5. The molecule has 2 N–H and O–H groups in total. The molecule has 0 spiro atoms. The Morgan fingerprint density at radius 1 is 1.32 bits per heavy atom. The van der Waals surface area contributed by atoms with Gasteiger partial charge in [0.2, 0.25) is 0 Å². The lowest BCUT2D eigenvalue weighted by Gasteiger charge is -2.15. The van der Waals surface area contributed by atoms with Crippen molar-refractivity contribution in [3.05, 3.63) is 47.9 Å². The van der Waals surface area contributed by atoms with E-state index in [0.717, 1.165) is 12.8 Å². The summed E-state index contributed by atoms with van der Waals surface area (Å²) >= 11 is 0. The number of carbonyl (C=O) groups is 1. The van der Waals surface area contributed by atoms with Crippen molar-refractivity contribution in [3.63, 3.8) is 0 Å². The Labute approximate surface area is 127 Å². The molecule has 0 saturated carbocycles. The van der Waals surface area contributed by atoms with Crippen molar-refractivity contribution in [2.45, 2.75) is 30.5 Å². The van der Waals surface area contributed by atoms with Gasteiger partial charge in [0.1, 0.15) is 11.9 Å². The Bertz CT molecular complexity index is 799. The molecule has 1 aromatic heterocycles. The van der Waals surface area contributed by atoms with E-state index < -0.39 is 22.0 Å². The maximum atomic E-state index is 12.5. The van der Waals surface area contributed by atoms with Crippen LogP contribution >= 0.6 is 0 Å². The second-order valence-electron chi connectivity index (χ2n) is 5.07. The molecule has 7 nitrogen and oxygen atoms in total. The van der Waals surface area contributed by atoms with Crippen LogP contribution in [0.4, 0.5) is 0 Å². The van der Waals surface area contributed by atoms with Gasteiger partial charge in [-0.15, -0.1) is 0 Å². The molecule has 0 bridgehead atoms. The van der Waals surface area contributed by atoms with Gasteiger partial charge in [0.05, 0.1) is 6.20 Å². The number of imidazole rings is 1. The monoisotopic (exact) mass is 321 g/mol. The predicted octanol–water partition coefficient (Wildman–Crippen LogP) is 0.933. The van der Waals surface area contributed by atoms with E-state index in [1.807, 2.05) is 0 Å². The first kappa shape index (κ1) is 14.7. The third kappa shape index (κ3) is 2.62. The van der Waals surface area contributed by atoms with Crippen molar-refractivity contribution < 1.29 is 18.3 Å². The van der Waals surface area contributed by atoms with Crippen LogP contribution in [0.1, 0.15) is 23.9 Å². The normalized spacial score (nSPS) is 15.5. The van der Waals surface area contributed by atoms with Crippen LogP contribution in [0.5, 0.6) is 0 Å². The first-order valence-corrected chi connectivity index (χ1v) is 8.32. The average Bonchev–Trinajstić information content (AvgIpc) is 3.08. The van der Waals surface area contributed by atoms with E-state index in [0.29, 0.717) is 17.9 Å². The van der Waals surface area contributed by atoms with Gasteiger partial charge in [0.15, 0.2) is 5.03 Å². The maximum absolute atomic E-state index is 12.5. The number of fused-ring (bicyclic) bond motifs is 1. The van der Waals surface area contributed by atoms with Crippen molar-refractivity contribution in [3.8, 4) is 0 Å². The molecule has 3 rings (SSSR count). The zero-order valence-corrected chi connectivity index (χ0v) is 12.5. The smallest absolute Gasteiger partial charge is 0.326 e. The van der Waals surface area contributed by atoms with Crippen molar-refractivity contribution in [1.82, 2.24) is 14.3 Å². The molecular formula is C14H15N3O4S. The van der Waals surface area contributed by atoms with E-state index in [1.165, 1.54) is 6.20 Å². The van der Waals surface area contributed by atoms with Gasteiger partial charge < -0.3 is 9.67 Å². The second kappa shape index (κ2) is 5.54. The van der Waals surface area contributed by atoms with Crippen LogP contribution in [0.3, 0.4) is 0 Å². The molecule has 0 amide bonds. The van der Waals surface area contributed by atoms with Gasteiger partial charge in [-0.25, -0.2) is 13.4 Å². The number of aryl methyl sites for hydroxylation is 1. The Kier molecular flexibility index (Phi) is 3.71. The lowest BCUT2D eigenvalue weighted by molar-refractivity contribution is -0.139. The zero-order chi connectivity index (χ0) is 15.7. The average molecular weight is 321 g/mol. The summed E-state index contributed by atoms with van der Waals surface area (Å²) in [6.07, 6.45) is 2.85. The van der Waals surface area contributed by atoms with Crippen LogP contribution in [-0.2, 0) is 27.8 Å². The first-order valence-electron chi connectivity index (χ1n) is 6.83. The quantitative estimate of drug-likeness (QED) is 0.853. The molecule has 1 aliphatic rings. The van der Waals surface area contributed by atoms with Crippen molar-refractivity contribution in [1.29, 1.82) is 0 Å². The SMILES string of the molecule is O=C(O)[C@@H](NS(=O)(=O)c1cnc2n1CCC2)c1ccccc1.